The summed E-state index contributed by atoms with van der Waals surface area (Å²) in [6.45, 7) is 4.01. The molecule has 1 aromatic rings. The normalized spacial score (nSPS) is 20.9. The fraction of sp³-hybridized carbons (Fsp3) is 0.625. The molecule has 1 fully saturated rings. The Kier molecular flexibility index (Phi) is 6.63. The first-order chi connectivity index (χ1) is 9.69. The maximum Gasteiger partial charge on any atom is 0.0590 e. The van der Waals surface area contributed by atoms with Gasteiger partial charge < -0.3 is 10.1 Å². The zero-order chi connectivity index (χ0) is 14.4. The molecule has 1 aliphatic heterocycles. The van der Waals surface area contributed by atoms with Crippen molar-refractivity contribution in [1.29, 1.82) is 0 Å². The molecule has 2 atom stereocenters. The van der Waals surface area contributed by atoms with E-state index in [0.717, 1.165) is 36.6 Å². The van der Waals surface area contributed by atoms with E-state index in [0.29, 0.717) is 17.2 Å². The number of rotatable bonds is 6. The number of hydrogen-bond acceptors (Lipinski definition) is 2. The van der Waals surface area contributed by atoms with Gasteiger partial charge in [0.05, 0.1) is 6.10 Å². The molecule has 2 nitrogen and oxygen atoms in total. The predicted molar refractivity (Wildman–Crippen MR) is 85.8 cm³/mol. The van der Waals surface area contributed by atoms with Crippen molar-refractivity contribution in [3.8, 4) is 0 Å². The van der Waals surface area contributed by atoms with E-state index in [2.05, 4.69) is 12.2 Å². The summed E-state index contributed by atoms with van der Waals surface area (Å²) in [5.74, 6) is 0. The minimum Gasteiger partial charge on any atom is -0.378 e. The Morgan fingerprint density at radius 2 is 2.20 bits per heavy atom. The van der Waals surface area contributed by atoms with Crippen LogP contribution in [0.1, 0.15) is 38.2 Å². The lowest BCUT2D eigenvalue weighted by atomic mass is 9.97. The van der Waals surface area contributed by atoms with E-state index in [9.17, 15) is 0 Å². The van der Waals surface area contributed by atoms with Crippen LogP contribution in [0.15, 0.2) is 18.2 Å². The lowest BCUT2D eigenvalue weighted by Crippen LogP contribution is -2.36. The minimum absolute atomic E-state index is 0.388. The monoisotopic (exact) mass is 315 g/mol. The van der Waals surface area contributed by atoms with E-state index in [-0.39, 0.29) is 0 Å². The van der Waals surface area contributed by atoms with Crippen LogP contribution in [0.4, 0.5) is 0 Å². The van der Waals surface area contributed by atoms with Crippen molar-refractivity contribution in [3.63, 3.8) is 0 Å². The second kappa shape index (κ2) is 8.23. The third-order valence-electron chi connectivity index (χ3n) is 3.80. The van der Waals surface area contributed by atoms with Crippen LogP contribution in [0.3, 0.4) is 0 Å². The third kappa shape index (κ3) is 4.92. The first kappa shape index (κ1) is 16.1. The number of ether oxygens (including phenoxy) is 1. The van der Waals surface area contributed by atoms with Crippen LogP contribution < -0.4 is 5.32 Å². The van der Waals surface area contributed by atoms with Crippen LogP contribution in [0.25, 0.3) is 0 Å². The smallest absolute Gasteiger partial charge is 0.0590 e. The van der Waals surface area contributed by atoms with Gasteiger partial charge in [-0.2, -0.15) is 0 Å². The molecule has 0 aliphatic carbocycles. The molecular formula is C16H23Cl2NO. The summed E-state index contributed by atoms with van der Waals surface area (Å²) in [6, 6.07) is 6.15. The van der Waals surface area contributed by atoms with Gasteiger partial charge in [-0.1, -0.05) is 36.2 Å². The lowest BCUT2D eigenvalue weighted by Gasteiger charge is -2.27. The summed E-state index contributed by atoms with van der Waals surface area (Å²) in [5, 5.41) is 4.99. The van der Waals surface area contributed by atoms with Crippen molar-refractivity contribution in [1.82, 2.24) is 5.32 Å². The maximum absolute atomic E-state index is 6.27. The van der Waals surface area contributed by atoms with Gasteiger partial charge in [-0.05, 0) is 56.3 Å². The highest BCUT2D eigenvalue weighted by molar-refractivity contribution is 6.35. The summed E-state index contributed by atoms with van der Waals surface area (Å²) in [7, 11) is 0. The summed E-state index contributed by atoms with van der Waals surface area (Å²) in [6.07, 6.45) is 6.02. The summed E-state index contributed by atoms with van der Waals surface area (Å²) >= 11 is 12.2. The van der Waals surface area contributed by atoms with Gasteiger partial charge in [0, 0.05) is 22.7 Å². The Morgan fingerprint density at radius 1 is 1.35 bits per heavy atom. The maximum atomic E-state index is 6.27. The van der Waals surface area contributed by atoms with Crippen LogP contribution in [0, 0.1) is 0 Å². The van der Waals surface area contributed by atoms with Crippen molar-refractivity contribution < 1.29 is 4.74 Å². The van der Waals surface area contributed by atoms with Gasteiger partial charge in [0.15, 0.2) is 0 Å². The number of likely N-dealkylation sites (N-methyl/N-ethyl adjacent to an activating group) is 1. The molecule has 1 saturated heterocycles. The average molecular weight is 316 g/mol. The van der Waals surface area contributed by atoms with Gasteiger partial charge in [-0.15, -0.1) is 0 Å². The molecule has 2 rings (SSSR count). The van der Waals surface area contributed by atoms with Gasteiger partial charge in [-0.25, -0.2) is 0 Å². The van der Waals surface area contributed by atoms with E-state index in [4.69, 9.17) is 27.9 Å². The number of benzene rings is 1. The number of halogens is 2. The standard InChI is InChI=1S/C16H23Cl2NO/c1-2-19-14(11-15-5-3-4-8-20-15)9-12-6-7-13(17)10-16(12)18/h6-7,10,14-15,19H,2-5,8-9,11H2,1H3. The first-order valence-corrected chi connectivity index (χ1v) is 8.23. The highest BCUT2D eigenvalue weighted by Gasteiger charge is 2.20. The van der Waals surface area contributed by atoms with Crippen molar-refractivity contribution >= 4 is 23.2 Å². The minimum atomic E-state index is 0.388. The fourth-order valence-corrected chi connectivity index (χ4v) is 3.28. The predicted octanol–water partition coefficient (Wildman–Crippen LogP) is 4.47. The highest BCUT2D eigenvalue weighted by Crippen LogP contribution is 2.24. The molecule has 1 aliphatic rings. The van der Waals surface area contributed by atoms with Crippen LogP contribution in [0.5, 0.6) is 0 Å². The second-order valence-corrected chi connectivity index (χ2v) is 6.26. The van der Waals surface area contributed by atoms with Gasteiger partial charge in [0.1, 0.15) is 0 Å². The second-order valence-electron chi connectivity index (χ2n) is 5.42. The van der Waals surface area contributed by atoms with E-state index in [1.807, 2.05) is 18.2 Å². The van der Waals surface area contributed by atoms with Gasteiger partial charge >= 0.3 is 0 Å². The molecule has 4 heteroatoms. The van der Waals surface area contributed by atoms with Crippen molar-refractivity contribution in [3.05, 3.63) is 33.8 Å². The first-order valence-electron chi connectivity index (χ1n) is 7.48. The number of hydrogen-bond donors (Lipinski definition) is 1. The van der Waals surface area contributed by atoms with E-state index in [1.54, 1.807) is 0 Å². The molecule has 0 amide bonds. The van der Waals surface area contributed by atoms with Gasteiger partial charge in [0.25, 0.3) is 0 Å². The van der Waals surface area contributed by atoms with E-state index >= 15 is 0 Å². The molecule has 0 saturated carbocycles. The average Bonchev–Trinajstić information content (AvgIpc) is 2.43. The Hall–Kier alpha value is -0.280. The molecule has 1 aromatic carbocycles. The lowest BCUT2D eigenvalue weighted by molar-refractivity contribution is 0.00535. The highest BCUT2D eigenvalue weighted by atomic mass is 35.5. The molecule has 0 bridgehead atoms. The van der Waals surface area contributed by atoms with E-state index < -0.39 is 0 Å². The Bertz CT molecular complexity index is 419. The molecule has 0 spiro atoms. The fourth-order valence-electron chi connectivity index (χ4n) is 2.79. The van der Waals surface area contributed by atoms with E-state index in [1.165, 1.54) is 19.3 Å². The summed E-state index contributed by atoms with van der Waals surface area (Å²) in [5.41, 5.74) is 1.15. The van der Waals surface area contributed by atoms with Crippen LogP contribution in [-0.4, -0.2) is 25.3 Å². The summed E-state index contributed by atoms with van der Waals surface area (Å²) < 4.78 is 5.85. The van der Waals surface area contributed by atoms with Crippen molar-refractivity contribution in [2.24, 2.45) is 0 Å². The Morgan fingerprint density at radius 3 is 2.85 bits per heavy atom. The largest absolute Gasteiger partial charge is 0.378 e. The molecule has 0 radical (unpaired) electrons. The Balaban J connectivity index is 1.96. The van der Waals surface area contributed by atoms with Crippen molar-refractivity contribution in [2.45, 2.75) is 51.2 Å². The molecule has 112 valence electrons. The third-order valence-corrected chi connectivity index (χ3v) is 4.38. The van der Waals surface area contributed by atoms with Crippen LogP contribution in [-0.2, 0) is 11.2 Å². The Labute approximate surface area is 131 Å². The zero-order valence-electron chi connectivity index (χ0n) is 12.0. The molecule has 1 heterocycles. The summed E-state index contributed by atoms with van der Waals surface area (Å²) in [4.78, 5) is 0. The van der Waals surface area contributed by atoms with Gasteiger partial charge in [-0.3, -0.25) is 0 Å². The van der Waals surface area contributed by atoms with Crippen LogP contribution >= 0.6 is 23.2 Å². The topological polar surface area (TPSA) is 21.3 Å². The SMILES string of the molecule is CCNC(Cc1ccc(Cl)cc1Cl)CC1CCCCO1. The number of nitrogens with one attached hydrogen (secondary N) is 1. The van der Waals surface area contributed by atoms with Crippen molar-refractivity contribution in [2.75, 3.05) is 13.2 Å². The van der Waals surface area contributed by atoms with Crippen LogP contribution in [0.2, 0.25) is 10.0 Å². The molecular weight excluding hydrogens is 293 g/mol. The zero-order valence-corrected chi connectivity index (χ0v) is 13.5. The quantitative estimate of drug-likeness (QED) is 0.836. The van der Waals surface area contributed by atoms with Gasteiger partial charge in [0.2, 0.25) is 0 Å². The molecule has 2 unspecified atom stereocenters. The molecule has 20 heavy (non-hydrogen) atoms. The molecule has 1 N–H and O–H groups in total. The molecule has 0 aromatic heterocycles.